The van der Waals surface area contributed by atoms with Gasteiger partial charge in [0.05, 0.1) is 0 Å². The predicted molar refractivity (Wildman–Crippen MR) is 60.5 cm³/mol. The van der Waals surface area contributed by atoms with E-state index in [2.05, 4.69) is 23.7 Å². The highest BCUT2D eigenvalue weighted by molar-refractivity contribution is 6.29. The maximum atomic E-state index is 5.82. The molecule has 0 radical (unpaired) electrons. The summed E-state index contributed by atoms with van der Waals surface area (Å²) in [6.45, 7) is 7.55. The molecule has 0 aliphatic heterocycles. The van der Waals surface area contributed by atoms with Crippen molar-refractivity contribution in [3.05, 3.63) is 29.0 Å². The summed E-state index contributed by atoms with van der Waals surface area (Å²) in [4.78, 5) is 6.36. The van der Waals surface area contributed by atoms with Crippen LogP contribution in [0.5, 0.6) is 0 Å². The molecule has 2 nitrogen and oxygen atoms in total. The minimum Gasteiger partial charge on any atom is -0.299 e. The monoisotopic (exact) mass is 212 g/mol. The predicted octanol–water partition coefficient (Wildman–Crippen LogP) is 2.97. The summed E-state index contributed by atoms with van der Waals surface area (Å²) < 4.78 is 0. The normalized spacial score (nSPS) is 10.9. The Morgan fingerprint density at radius 1 is 1.43 bits per heavy atom. The minimum absolute atomic E-state index is 0.579. The summed E-state index contributed by atoms with van der Waals surface area (Å²) in [6.07, 6.45) is 2.95. The van der Waals surface area contributed by atoms with E-state index in [1.807, 2.05) is 12.1 Å². The van der Waals surface area contributed by atoms with Gasteiger partial charge in [-0.05, 0) is 37.2 Å². The highest BCUT2D eigenvalue weighted by Gasteiger charge is 2.02. The van der Waals surface area contributed by atoms with Crippen molar-refractivity contribution in [2.75, 3.05) is 13.1 Å². The Bertz CT molecular complexity index is 276. The first-order valence-electron chi connectivity index (χ1n) is 5.09. The van der Waals surface area contributed by atoms with Crippen LogP contribution in [0.15, 0.2) is 18.3 Å². The smallest absolute Gasteiger partial charge is 0.129 e. The number of nitrogens with zero attached hydrogens (tertiary/aromatic N) is 2. The van der Waals surface area contributed by atoms with Gasteiger partial charge in [-0.25, -0.2) is 4.98 Å². The molecule has 0 atom stereocenters. The lowest BCUT2D eigenvalue weighted by Crippen LogP contribution is -2.23. The number of rotatable bonds is 5. The fraction of sp³-hybridized carbons (Fsp3) is 0.545. The minimum atomic E-state index is 0.579. The number of aromatic nitrogens is 1. The zero-order chi connectivity index (χ0) is 10.4. The third-order valence-corrected chi connectivity index (χ3v) is 2.39. The van der Waals surface area contributed by atoms with Crippen LogP contribution in [0.2, 0.25) is 5.15 Å². The summed E-state index contributed by atoms with van der Waals surface area (Å²) >= 11 is 5.82. The lowest BCUT2D eigenvalue weighted by molar-refractivity contribution is 0.280. The highest BCUT2D eigenvalue weighted by atomic mass is 35.5. The molecule has 0 bridgehead atoms. The molecular weight excluding hydrogens is 196 g/mol. The fourth-order valence-electron chi connectivity index (χ4n) is 1.46. The molecule has 3 heteroatoms. The van der Waals surface area contributed by atoms with E-state index < -0.39 is 0 Å². The van der Waals surface area contributed by atoms with Crippen LogP contribution in [-0.4, -0.2) is 23.0 Å². The Hall–Kier alpha value is -0.600. The van der Waals surface area contributed by atoms with Gasteiger partial charge in [-0.15, -0.1) is 0 Å². The van der Waals surface area contributed by atoms with Gasteiger partial charge in [0.2, 0.25) is 0 Å². The van der Waals surface area contributed by atoms with E-state index in [1.165, 1.54) is 12.0 Å². The van der Waals surface area contributed by atoms with E-state index >= 15 is 0 Å². The van der Waals surface area contributed by atoms with Gasteiger partial charge in [0.1, 0.15) is 5.15 Å². The van der Waals surface area contributed by atoms with Crippen molar-refractivity contribution in [1.82, 2.24) is 9.88 Å². The van der Waals surface area contributed by atoms with E-state index in [0.29, 0.717) is 5.15 Å². The summed E-state index contributed by atoms with van der Waals surface area (Å²) in [5.74, 6) is 0. The molecule has 14 heavy (non-hydrogen) atoms. The summed E-state index contributed by atoms with van der Waals surface area (Å²) in [6, 6.07) is 3.95. The maximum absolute atomic E-state index is 5.82. The van der Waals surface area contributed by atoms with Crippen LogP contribution in [-0.2, 0) is 6.54 Å². The van der Waals surface area contributed by atoms with Crippen LogP contribution in [0.4, 0.5) is 0 Å². The van der Waals surface area contributed by atoms with E-state index in [9.17, 15) is 0 Å². The first-order chi connectivity index (χ1) is 6.76. The third kappa shape index (κ3) is 3.64. The topological polar surface area (TPSA) is 16.1 Å². The molecule has 1 aromatic rings. The molecule has 0 aliphatic rings. The van der Waals surface area contributed by atoms with Crippen molar-refractivity contribution in [3.63, 3.8) is 0 Å². The number of pyridine rings is 1. The van der Waals surface area contributed by atoms with Gasteiger partial charge >= 0.3 is 0 Å². The lowest BCUT2D eigenvalue weighted by Gasteiger charge is -2.19. The molecule has 1 aromatic heterocycles. The molecular formula is C11H17ClN2. The second-order valence-corrected chi connectivity index (χ2v) is 3.74. The average molecular weight is 213 g/mol. The van der Waals surface area contributed by atoms with Crippen molar-refractivity contribution < 1.29 is 0 Å². The second kappa shape index (κ2) is 5.99. The van der Waals surface area contributed by atoms with Crippen LogP contribution >= 0.6 is 11.6 Å². The number of hydrogen-bond acceptors (Lipinski definition) is 2. The summed E-state index contributed by atoms with van der Waals surface area (Å²) in [5, 5.41) is 0.579. The van der Waals surface area contributed by atoms with Gasteiger partial charge in [0.15, 0.2) is 0 Å². The van der Waals surface area contributed by atoms with Crippen molar-refractivity contribution in [3.8, 4) is 0 Å². The van der Waals surface area contributed by atoms with Crippen molar-refractivity contribution in [1.29, 1.82) is 0 Å². The summed E-state index contributed by atoms with van der Waals surface area (Å²) in [7, 11) is 0. The van der Waals surface area contributed by atoms with Crippen LogP contribution in [0.3, 0.4) is 0 Å². The SMILES string of the molecule is CCCN(CC)Cc1ccnc(Cl)c1. The Labute approximate surface area is 90.9 Å². The standard InChI is InChI=1S/C11H17ClN2/c1-3-7-14(4-2)9-10-5-6-13-11(12)8-10/h5-6,8H,3-4,7,9H2,1-2H3. The first-order valence-corrected chi connectivity index (χ1v) is 5.46. The molecule has 0 saturated carbocycles. The van der Waals surface area contributed by atoms with Crippen LogP contribution in [0.25, 0.3) is 0 Å². The van der Waals surface area contributed by atoms with E-state index in [-0.39, 0.29) is 0 Å². The number of hydrogen-bond donors (Lipinski definition) is 0. The Balaban J connectivity index is 2.57. The van der Waals surface area contributed by atoms with Gasteiger partial charge in [0.25, 0.3) is 0 Å². The quantitative estimate of drug-likeness (QED) is 0.698. The molecule has 1 rings (SSSR count). The Morgan fingerprint density at radius 2 is 2.21 bits per heavy atom. The maximum Gasteiger partial charge on any atom is 0.129 e. The molecule has 0 N–H and O–H groups in total. The first kappa shape index (κ1) is 11.5. The molecule has 0 aromatic carbocycles. The zero-order valence-corrected chi connectivity index (χ0v) is 9.59. The van der Waals surface area contributed by atoms with Crippen molar-refractivity contribution in [2.45, 2.75) is 26.8 Å². The zero-order valence-electron chi connectivity index (χ0n) is 8.83. The van der Waals surface area contributed by atoms with Crippen molar-refractivity contribution >= 4 is 11.6 Å². The molecule has 0 amide bonds. The lowest BCUT2D eigenvalue weighted by atomic mass is 10.2. The van der Waals surface area contributed by atoms with Gasteiger partial charge in [0, 0.05) is 12.7 Å². The molecule has 0 unspecified atom stereocenters. The Kier molecular flexibility index (Phi) is 4.91. The van der Waals surface area contributed by atoms with Crippen LogP contribution < -0.4 is 0 Å². The average Bonchev–Trinajstić information content (AvgIpc) is 2.17. The van der Waals surface area contributed by atoms with E-state index in [4.69, 9.17) is 11.6 Å². The fourth-order valence-corrected chi connectivity index (χ4v) is 1.66. The second-order valence-electron chi connectivity index (χ2n) is 3.36. The molecule has 78 valence electrons. The largest absolute Gasteiger partial charge is 0.299 e. The van der Waals surface area contributed by atoms with Gasteiger partial charge < -0.3 is 0 Å². The molecule has 0 saturated heterocycles. The summed E-state index contributed by atoms with van der Waals surface area (Å²) in [5.41, 5.74) is 1.24. The van der Waals surface area contributed by atoms with Crippen LogP contribution in [0.1, 0.15) is 25.8 Å². The van der Waals surface area contributed by atoms with Gasteiger partial charge in [-0.3, -0.25) is 4.90 Å². The van der Waals surface area contributed by atoms with Crippen LogP contribution in [0, 0.1) is 0 Å². The van der Waals surface area contributed by atoms with E-state index in [0.717, 1.165) is 19.6 Å². The molecule has 0 aliphatic carbocycles. The molecule has 0 fully saturated rings. The van der Waals surface area contributed by atoms with Crippen molar-refractivity contribution in [2.24, 2.45) is 0 Å². The van der Waals surface area contributed by atoms with Gasteiger partial charge in [-0.1, -0.05) is 25.4 Å². The van der Waals surface area contributed by atoms with E-state index in [1.54, 1.807) is 6.20 Å². The highest BCUT2D eigenvalue weighted by Crippen LogP contribution is 2.09. The third-order valence-electron chi connectivity index (χ3n) is 2.18. The number of halogens is 1. The molecule has 1 heterocycles. The Morgan fingerprint density at radius 3 is 2.79 bits per heavy atom. The van der Waals surface area contributed by atoms with Gasteiger partial charge in [-0.2, -0.15) is 0 Å². The molecule has 0 spiro atoms.